The Kier molecular flexibility index (Phi) is 5.48. The van der Waals surface area contributed by atoms with Crippen molar-refractivity contribution in [3.63, 3.8) is 0 Å². The van der Waals surface area contributed by atoms with Gasteiger partial charge in [0.25, 0.3) is 0 Å². The van der Waals surface area contributed by atoms with Gasteiger partial charge in [-0.25, -0.2) is 4.39 Å². The summed E-state index contributed by atoms with van der Waals surface area (Å²) in [6.45, 7) is 2.69. The lowest BCUT2D eigenvalue weighted by Gasteiger charge is -2.16. The SMILES string of the molecule is Cc1cc(NC(=O)CN(C)CCOc2ccccc2F)no1. The molecule has 2 aromatic rings. The molecule has 0 aliphatic rings. The predicted molar refractivity (Wildman–Crippen MR) is 79.3 cm³/mol. The van der Waals surface area contributed by atoms with Crippen molar-refractivity contribution in [3.8, 4) is 5.75 Å². The van der Waals surface area contributed by atoms with E-state index in [1.165, 1.54) is 6.07 Å². The van der Waals surface area contributed by atoms with E-state index in [0.717, 1.165) is 0 Å². The third kappa shape index (κ3) is 4.85. The Balaban J connectivity index is 1.70. The molecule has 0 unspecified atom stereocenters. The Morgan fingerprint density at radius 1 is 1.45 bits per heavy atom. The van der Waals surface area contributed by atoms with Crippen LogP contribution in [0.2, 0.25) is 0 Å². The molecule has 22 heavy (non-hydrogen) atoms. The first kappa shape index (κ1) is 16.0. The number of rotatable bonds is 7. The molecule has 6 nitrogen and oxygen atoms in total. The van der Waals surface area contributed by atoms with Crippen LogP contribution in [0.4, 0.5) is 10.2 Å². The van der Waals surface area contributed by atoms with Gasteiger partial charge in [0.1, 0.15) is 12.4 Å². The zero-order chi connectivity index (χ0) is 15.9. The number of carbonyl (C=O) groups is 1. The van der Waals surface area contributed by atoms with Crippen molar-refractivity contribution in [1.82, 2.24) is 10.1 Å². The number of aryl methyl sites for hydroxylation is 1. The predicted octanol–water partition coefficient (Wildman–Crippen LogP) is 2.07. The van der Waals surface area contributed by atoms with Gasteiger partial charge in [0.15, 0.2) is 17.4 Å². The Morgan fingerprint density at radius 3 is 2.91 bits per heavy atom. The van der Waals surface area contributed by atoms with Gasteiger partial charge in [0, 0.05) is 12.6 Å². The number of likely N-dealkylation sites (N-methyl/N-ethyl adjacent to an activating group) is 1. The molecule has 1 aromatic carbocycles. The van der Waals surface area contributed by atoms with E-state index >= 15 is 0 Å². The average molecular weight is 307 g/mol. The Hall–Kier alpha value is -2.41. The largest absolute Gasteiger partial charge is 0.489 e. The first-order chi connectivity index (χ1) is 10.5. The van der Waals surface area contributed by atoms with E-state index in [9.17, 15) is 9.18 Å². The fraction of sp³-hybridized carbons (Fsp3) is 0.333. The van der Waals surface area contributed by atoms with Crippen LogP contribution in [-0.4, -0.2) is 42.7 Å². The number of benzene rings is 1. The summed E-state index contributed by atoms with van der Waals surface area (Å²) in [6.07, 6.45) is 0. The zero-order valence-corrected chi connectivity index (χ0v) is 12.5. The highest BCUT2D eigenvalue weighted by Crippen LogP contribution is 2.15. The van der Waals surface area contributed by atoms with Gasteiger partial charge < -0.3 is 14.6 Å². The van der Waals surface area contributed by atoms with E-state index in [2.05, 4.69) is 10.5 Å². The minimum atomic E-state index is -0.399. The maximum Gasteiger partial charge on any atom is 0.239 e. The van der Waals surface area contributed by atoms with E-state index in [1.807, 2.05) is 0 Å². The molecule has 0 bridgehead atoms. The molecule has 118 valence electrons. The topological polar surface area (TPSA) is 67.6 Å². The summed E-state index contributed by atoms with van der Waals surface area (Å²) in [6, 6.07) is 7.85. The molecule has 0 atom stereocenters. The number of nitrogens with one attached hydrogen (secondary N) is 1. The summed E-state index contributed by atoms with van der Waals surface area (Å²) >= 11 is 0. The highest BCUT2D eigenvalue weighted by Gasteiger charge is 2.10. The van der Waals surface area contributed by atoms with Crippen LogP contribution in [0.25, 0.3) is 0 Å². The monoisotopic (exact) mass is 307 g/mol. The van der Waals surface area contributed by atoms with Crippen LogP contribution in [0.5, 0.6) is 5.75 Å². The molecule has 1 amide bonds. The van der Waals surface area contributed by atoms with Crippen molar-refractivity contribution in [2.45, 2.75) is 6.92 Å². The summed E-state index contributed by atoms with van der Waals surface area (Å²) in [5.41, 5.74) is 0. The molecule has 0 saturated carbocycles. The smallest absolute Gasteiger partial charge is 0.239 e. The van der Waals surface area contributed by atoms with Crippen molar-refractivity contribution in [3.05, 3.63) is 41.9 Å². The number of hydrogen-bond donors (Lipinski definition) is 1. The minimum Gasteiger partial charge on any atom is -0.489 e. The van der Waals surface area contributed by atoms with Crippen LogP contribution in [0.3, 0.4) is 0 Å². The summed E-state index contributed by atoms with van der Waals surface area (Å²) in [4.78, 5) is 13.6. The quantitative estimate of drug-likeness (QED) is 0.848. The fourth-order valence-corrected chi connectivity index (χ4v) is 1.81. The number of ether oxygens (including phenoxy) is 1. The molecule has 1 aromatic heterocycles. The number of amides is 1. The van der Waals surface area contributed by atoms with Gasteiger partial charge in [0.2, 0.25) is 5.91 Å². The third-order valence-electron chi connectivity index (χ3n) is 2.88. The minimum absolute atomic E-state index is 0.173. The van der Waals surface area contributed by atoms with Gasteiger partial charge in [-0.15, -0.1) is 0 Å². The Labute approximate surface area is 127 Å². The maximum atomic E-state index is 13.3. The highest BCUT2D eigenvalue weighted by molar-refractivity contribution is 5.91. The van der Waals surface area contributed by atoms with Crippen molar-refractivity contribution >= 4 is 11.7 Å². The zero-order valence-electron chi connectivity index (χ0n) is 12.5. The van der Waals surface area contributed by atoms with Crippen molar-refractivity contribution in [1.29, 1.82) is 0 Å². The molecule has 0 spiro atoms. The van der Waals surface area contributed by atoms with Gasteiger partial charge in [-0.1, -0.05) is 17.3 Å². The Bertz CT molecular complexity index is 630. The van der Waals surface area contributed by atoms with Crippen LogP contribution >= 0.6 is 0 Å². The summed E-state index contributed by atoms with van der Waals surface area (Å²) in [5, 5.41) is 6.31. The van der Waals surface area contributed by atoms with E-state index in [1.54, 1.807) is 43.1 Å². The molecule has 0 radical (unpaired) electrons. The first-order valence-corrected chi connectivity index (χ1v) is 6.83. The van der Waals surface area contributed by atoms with Crippen LogP contribution in [0, 0.1) is 12.7 Å². The van der Waals surface area contributed by atoms with Crippen LogP contribution in [-0.2, 0) is 4.79 Å². The van der Waals surface area contributed by atoms with Crippen LogP contribution < -0.4 is 10.1 Å². The number of halogens is 1. The number of aromatic nitrogens is 1. The highest BCUT2D eigenvalue weighted by atomic mass is 19.1. The lowest BCUT2D eigenvalue weighted by Crippen LogP contribution is -2.33. The second-order valence-electron chi connectivity index (χ2n) is 4.89. The van der Waals surface area contributed by atoms with E-state index in [0.29, 0.717) is 18.1 Å². The second kappa shape index (κ2) is 7.56. The van der Waals surface area contributed by atoms with Crippen LogP contribution in [0.15, 0.2) is 34.9 Å². The number of hydrogen-bond acceptors (Lipinski definition) is 5. The normalized spacial score (nSPS) is 10.7. The van der Waals surface area contributed by atoms with Gasteiger partial charge >= 0.3 is 0 Å². The summed E-state index contributed by atoms with van der Waals surface area (Å²) < 4.78 is 23.5. The lowest BCUT2D eigenvalue weighted by atomic mass is 10.3. The van der Waals surface area contributed by atoms with Crippen LogP contribution in [0.1, 0.15) is 5.76 Å². The van der Waals surface area contributed by atoms with E-state index < -0.39 is 5.82 Å². The molecule has 0 saturated heterocycles. The molecular formula is C15H18FN3O3. The van der Waals surface area contributed by atoms with Gasteiger partial charge in [-0.3, -0.25) is 9.69 Å². The summed E-state index contributed by atoms with van der Waals surface area (Å²) in [5.74, 6) is 0.616. The molecule has 7 heteroatoms. The average Bonchev–Trinajstić information content (AvgIpc) is 2.86. The molecule has 0 fully saturated rings. The van der Waals surface area contributed by atoms with Gasteiger partial charge in [-0.2, -0.15) is 0 Å². The van der Waals surface area contributed by atoms with Gasteiger partial charge in [-0.05, 0) is 26.1 Å². The molecular weight excluding hydrogens is 289 g/mol. The molecule has 1 heterocycles. The van der Waals surface area contributed by atoms with Gasteiger partial charge in [0.05, 0.1) is 6.54 Å². The number of carbonyl (C=O) groups excluding carboxylic acids is 1. The molecule has 0 aliphatic heterocycles. The third-order valence-corrected chi connectivity index (χ3v) is 2.88. The second-order valence-corrected chi connectivity index (χ2v) is 4.89. The number of para-hydroxylation sites is 1. The van der Waals surface area contributed by atoms with Crippen molar-refractivity contribution in [2.24, 2.45) is 0 Å². The lowest BCUT2D eigenvalue weighted by molar-refractivity contribution is -0.117. The van der Waals surface area contributed by atoms with E-state index in [4.69, 9.17) is 9.26 Å². The van der Waals surface area contributed by atoms with Crippen molar-refractivity contribution in [2.75, 3.05) is 32.1 Å². The molecule has 2 rings (SSSR count). The number of nitrogens with zero attached hydrogens (tertiary/aromatic N) is 2. The fourth-order valence-electron chi connectivity index (χ4n) is 1.81. The molecule has 0 aliphatic carbocycles. The van der Waals surface area contributed by atoms with Crippen molar-refractivity contribution < 1.29 is 18.4 Å². The maximum absolute atomic E-state index is 13.3. The van der Waals surface area contributed by atoms with E-state index in [-0.39, 0.29) is 24.8 Å². The number of anilines is 1. The first-order valence-electron chi connectivity index (χ1n) is 6.83. The summed E-state index contributed by atoms with van der Waals surface area (Å²) in [7, 11) is 1.78. The standard InChI is InChI=1S/C15H18FN3O3/c1-11-9-14(18-22-11)17-15(20)10-19(2)7-8-21-13-6-4-3-5-12(13)16/h3-6,9H,7-8,10H2,1-2H3,(H,17,18,20). The molecule has 1 N–H and O–H groups in total. The Morgan fingerprint density at radius 2 is 2.23 bits per heavy atom.